The lowest BCUT2D eigenvalue weighted by Crippen LogP contribution is -2.41. The molecule has 2 N–H and O–H groups in total. The topological polar surface area (TPSA) is 74.4 Å². The molecule has 3 rings (SSSR count). The smallest absolute Gasteiger partial charge is 0.419 e. The third kappa shape index (κ3) is 6.07. The van der Waals surface area contributed by atoms with E-state index in [1.807, 2.05) is 13.8 Å². The van der Waals surface area contributed by atoms with Crippen molar-refractivity contribution in [2.24, 2.45) is 11.7 Å². The molecule has 1 aromatic heterocycles. The van der Waals surface area contributed by atoms with Crippen LogP contribution in [0.15, 0.2) is 48.7 Å². The molecule has 5 nitrogen and oxygen atoms in total. The number of carbonyl (C=O) groups is 1. The van der Waals surface area contributed by atoms with Gasteiger partial charge in [0.25, 0.3) is 0 Å². The summed E-state index contributed by atoms with van der Waals surface area (Å²) in [5, 5.41) is 1.15. The number of hydrogen-bond acceptors (Lipinski definition) is 4. The van der Waals surface area contributed by atoms with Crippen LogP contribution in [0.1, 0.15) is 32.8 Å². The van der Waals surface area contributed by atoms with Crippen LogP contribution >= 0.6 is 11.6 Å². The normalized spacial score (nSPS) is 13.7. The zero-order valence-corrected chi connectivity index (χ0v) is 19.1. The fraction of sp³-hybridized carbons (Fsp3) is 0.333. The summed E-state index contributed by atoms with van der Waals surface area (Å²) >= 11 is 6.01. The Bertz CT molecular complexity index is 1170. The average molecular weight is 481 g/mol. The van der Waals surface area contributed by atoms with Crippen LogP contribution in [0, 0.1) is 5.92 Å². The number of amides is 1. The first-order valence-corrected chi connectivity index (χ1v) is 10.6. The first-order chi connectivity index (χ1) is 15.4. The van der Waals surface area contributed by atoms with E-state index in [4.69, 9.17) is 26.8 Å². The number of aromatic nitrogens is 1. The van der Waals surface area contributed by atoms with Gasteiger partial charge in [0.15, 0.2) is 0 Å². The largest absolute Gasteiger partial charge is 0.489 e. The van der Waals surface area contributed by atoms with Crippen molar-refractivity contribution in [2.75, 3.05) is 6.61 Å². The molecule has 0 aliphatic carbocycles. The minimum Gasteiger partial charge on any atom is -0.489 e. The monoisotopic (exact) mass is 480 g/mol. The van der Waals surface area contributed by atoms with Crippen LogP contribution < -0.4 is 10.5 Å². The first-order valence-electron chi connectivity index (χ1n) is 10.2. The van der Waals surface area contributed by atoms with E-state index >= 15 is 0 Å². The van der Waals surface area contributed by atoms with Crippen molar-refractivity contribution >= 4 is 28.6 Å². The SMILES string of the molecule is CC(C)CC(C)(COc1ccc(-c2ccnc3cc(Cl)ccc23)cc1C(F)(F)F)OC(N)=O. The lowest BCUT2D eigenvalue weighted by molar-refractivity contribution is -0.139. The van der Waals surface area contributed by atoms with E-state index in [0.29, 0.717) is 33.5 Å². The lowest BCUT2D eigenvalue weighted by atomic mass is 9.94. The second-order valence-corrected chi connectivity index (χ2v) is 8.92. The number of nitrogens with zero attached hydrogens (tertiary/aromatic N) is 1. The highest BCUT2D eigenvalue weighted by Gasteiger charge is 2.37. The van der Waals surface area contributed by atoms with Gasteiger partial charge in [-0.25, -0.2) is 4.79 Å². The Morgan fingerprint density at radius 3 is 2.52 bits per heavy atom. The molecule has 0 aliphatic rings. The van der Waals surface area contributed by atoms with Crippen molar-refractivity contribution < 1.29 is 27.4 Å². The molecule has 0 saturated heterocycles. The number of nitrogens with two attached hydrogens (primary N) is 1. The van der Waals surface area contributed by atoms with Gasteiger partial charge >= 0.3 is 12.3 Å². The highest BCUT2D eigenvalue weighted by Crippen LogP contribution is 2.40. The number of benzene rings is 2. The third-order valence-electron chi connectivity index (χ3n) is 5.02. The summed E-state index contributed by atoms with van der Waals surface area (Å²) in [5.74, 6) is -0.272. The van der Waals surface area contributed by atoms with Crippen molar-refractivity contribution in [3.63, 3.8) is 0 Å². The summed E-state index contributed by atoms with van der Waals surface area (Å²) in [5.41, 5.74) is 4.53. The van der Waals surface area contributed by atoms with E-state index in [9.17, 15) is 18.0 Å². The molecule has 9 heteroatoms. The maximum atomic E-state index is 13.9. The fourth-order valence-corrected chi connectivity index (χ4v) is 4.05. The Morgan fingerprint density at radius 2 is 1.88 bits per heavy atom. The summed E-state index contributed by atoms with van der Waals surface area (Å²) in [6, 6.07) is 10.5. The van der Waals surface area contributed by atoms with Crippen molar-refractivity contribution in [3.8, 4) is 16.9 Å². The molecule has 176 valence electrons. The van der Waals surface area contributed by atoms with Crippen molar-refractivity contribution in [1.82, 2.24) is 4.98 Å². The van der Waals surface area contributed by atoms with Gasteiger partial charge < -0.3 is 15.2 Å². The zero-order chi connectivity index (χ0) is 24.4. The number of pyridine rings is 1. The predicted molar refractivity (Wildman–Crippen MR) is 121 cm³/mol. The number of rotatable bonds is 7. The Labute approximate surface area is 194 Å². The molecule has 0 bridgehead atoms. The minimum absolute atomic E-state index is 0.0934. The molecular formula is C24H24ClF3N2O3. The molecule has 3 aromatic rings. The summed E-state index contributed by atoms with van der Waals surface area (Å²) in [4.78, 5) is 15.6. The van der Waals surface area contributed by atoms with E-state index in [-0.39, 0.29) is 18.3 Å². The molecule has 1 atom stereocenters. The van der Waals surface area contributed by atoms with Gasteiger partial charge in [0.1, 0.15) is 18.0 Å². The van der Waals surface area contributed by atoms with E-state index in [0.717, 1.165) is 6.07 Å². The molecule has 0 spiro atoms. The molecule has 0 aliphatic heterocycles. The van der Waals surface area contributed by atoms with Gasteiger partial charge in [-0.15, -0.1) is 0 Å². The zero-order valence-electron chi connectivity index (χ0n) is 18.4. The van der Waals surface area contributed by atoms with Crippen molar-refractivity contribution in [3.05, 3.63) is 59.2 Å². The van der Waals surface area contributed by atoms with Gasteiger partial charge in [0.05, 0.1) is 11.1 Å². The van der Waals surface area contributed by atoms with Gasteiger partial charge in [-0.3, -0.25) is 4.98 Å². The van der Waals surface area contributed by atoms with Crippen LogP contribution in [0.3, 0.4) is 0 Å². The lowest BCUT2D eigenvalue weighted by Gasteiger charge is -2.30. The molecular weight excluding hydrogens is 457 g/mol. The number of alkyl halides is 3. The van der Waals surface area contributed by atoms with Gasteiger partial charge in [-0.1, -0.05) is 37.6 Å². The molecule has 0 saturated carbocycles. The number of carbonyl (C=O) groups excluding carboxylic acids is 1. The predicted octanol–water partition coefficient (Wildman–Crippen LogP) is 6.85. The first kappa shape index (κ1) is 24.6. The quantitative estimate of drug-likeness (QED) is 0.401. The summed E-state index contributed by atoms with van der Waals surface area (Å²) in [7, 11) is 0. The van der Waals surface area contributed by atoms with E-state index in [1.54, 1.807) is 37.3 Å². The maximum absolute atomic E-state index is 13.9. The highest BCUT2D eigenvalue weighted by molar-refractivity contribution is 6.31. The summed E-state index contributed by atoms with van der Waals surface area (Å²) in [6.07, 6.45) is -3.81. The molecule has 1 amide bonds. The number of ether oxygens (including phenoxy) is 2. The minimum atomic E-state index is -4.67. The van der Waals surface area contributed by atoms with Gasteiger partial charge in [0.2, 0.25) is 0 Å². The van der Waals surface area contributed by atoms with E-state index in [2.05, 4.69) is 4.98 Å². The number of primary amides is 1. The van der Waals surface area contributed by atoms with Crippen LogP contribution in [-0.4, -0.2) is 23.3 Å². The Kier molecular flexibility index (Phi) is 7.07. The Hall–Kier alpha value is -3.00. The number of hydrogen-bond donors (Lipinski definition) is 1. The second kappa shape index (κ2) is 9.47. The van der Waals surface area contributed by atoms with E-state index < -0.39 is 23.4 Å². The van der Waals surface area contributed by atoms with Crippen molar-refractivity contribution in [1.29, 1.82) is 0 Å². The van der Waals surface area contributed by atoms with E-state index in [1.165, 1.54) is 12.3 Å². The molecule has 1 unspecified atom stereocenters. The van der Waals surface area contributed by atoms with Crippen LogP contribution in [-0.2, 0) is 10.9 Å². The molecule has 2 aromatic carbocycles. The van der Waals surface area contributed by atoms with Crippen LogP contribution in [0.25, 0.3) is 22.0 Å². The number of fused-ring (bicyclic) bond motifs is 1. The van der Waals surface area contributed by atoms with Crippen LogP contribution in [0.2, 0.25) is 5.02 Å². The summed E-state index contributed by atoms with van der Waals surface area (Å²) < 4.78 is 52.5. The van der Waals surface area contributed by atoms with Crippen LogP contribution in [0.4, 0.5) is 18.0 Å². The average Bonchev–Trinajstić information content (AvgIpc) is 2.69. The van der Waals surface area contributed by atoms with Crippen LogP contribution in [0.5, 0.6) is 5.75 Å². The third-order valence-corrected chi connectivity index (χ3v) is 5.26. The van der Waals surface area contributed by atoms with Crippen molar-refractivity contribution in [2.45, 2.75) is 39.0 Å². The fourth-order valence-electron chi connectivity index (χ4n) is 3.88. The molecule has 0 radical (unpaired) electrons. The standard InChI is InChI=1S/C24H24ClF3N2O3/c1-14(2)12-23(3,33-22(29)31)13-32-21-7-4-15(10-19(21)24(26,27)28)17-8-9-30-20-11-16(25)5-6-18(17)20/h4-11,14H,12-13H2,1-3H3,(H2,29,31). The maximum Gasteiger partial charge on any atom is 0.419 e. The van der Waals surface area contributed by atoms with Gasteiger partial charge in [-0.2, -0.15) is 13.2 Å². The Balaban J connectivity index is 2.00. The van der Waals surface area contributed by atoms with Gasteiger partial charge in [0, 0.05) is 16.6 Å². The molecule has 1 heterocycles. The molecule has 33 heavy (non-hydrogen) atoms. The second-order valence-electron chi connectivity index (χ2n) is 8.49. The number of halogens is 4. The molecule has 0 fully saturated rings. The Morgan fingerprint density at radius 1 is 1.15 bits per heavy atom. The highest BCUT2D eigenvalue weighted by atomic mass is 35.5. The van der Waals surface area contributed by atoms with Gasteiger partial charge in [-0.05, 0) is 60.7 Å². The summed E-state index contributed by atoms with van der Waals surface area (Å²) in [6.45, 7) is 5.08.